The van der Waals surface area contributed by atoms with Gasteiger partial charge in [0.1, 0.15) is 5.69 Å². The van der Waals surface area contributed by atoms with Gasteiger partial charge >= 0.3 is 12.3 Å². The van der Waals surface area contributed by atoms with Crippen LogP contribution in [0.25, 0.3) is 10.4 Å². The number of carboxylic acid groups (broad SMARTS) is 1. The van der Waals surface area contributed by atoms with Crippen LogP contribution in [0.4, 0.5) is 23.7 Å². The number of nitrogens with zero attached hydrogens (tertiary/aromatic N) is 1. The molecule has 2 aromatic heterocycles. The molecule has 152 valence electrons. The Labute approximate surface area is 166 Å². The summed E-state index contributed by atoms with van der Waals surface area (Å²) in [6.07, 6.45) is -5.92. The average molecular weight is 444 g/mol. The number of ether oxygens (including phenoxy) is 1. The molecule has 3 rings (SSSR count). The van der Waals surface area contributed by atoms with Gasteiger partial charge in [0.25, 0.3) is 10.0 Å². The van der Waals surface area contributed by atoms with Gasteiger partial charge in [0.15, 0.2) is 5.03 Å². The largest absolute Gasteiger partial charge is 0.512 e. The zero-order valence-corrected chi connectivity index (χ0v) is 15.8. The molecule has 0 spiro atoms. The van der Waals surface area contributed by atoms with Gasteiger partial charge < -0.3 is 9.84 Å². The lowest BCUT2D eigenvalue weighted by molar-refractivity contribution is -0.137. The van der Waals surface area contributed by atoms with Crippen molar-refractivity contribution in [3.63, 3.8) is 0 Å². The molecular weight excluding hydrogens is 433 g/mol. The van der Waals surface area contributed by atoms with E-state index < -0.39 is 32.9 Å². The predicted octanol–water partition coefficient (Wildman–Crippen LogP) is 4.69. The molecule has 7 nitrogen and oxygen atoms in total. The van der Waals surface area contributed by atoms with Crippen LogP contribution in [0.1, 0.15) is 5.56 Å². The molecule has 2 heterocycles. The number of rotatable bonds is 5. The van der Waals surface area contributed by atoms with Crippen LogP contribution < -0.4 is 9.46 Å². The molecule has 0 bridgehead atoms. The minimum atomic E-state index is -4.66. The van der Waals surface area contributed by atoms with E-state index in [9.17, 15) is 26.4 Å². The SMILES string of the molecule is O=C(O)Oc1sc(-c2ccccc2)cc1NS(=O)(=O)c1ccc(C(F)(F)F)cn1. The lowest BCUT2D eigenvalue weighted by atomic mass is 10.2. The molecule has 0 radical (unpaired) electrons. The van der Waals surface area contributed by atoms with Crippen LogP contribution in [0.2, 0.25) is 0 Å². The van der Waals surface area contributed by atoms with Gasteiger partial charge in [0.2, 0.25) is 5.06 Å². The third-order valence-corrected chi connectivity index (χ3v) is 5.86. The molecule has 0 saturated carbocycles. The van der Waals surface area contributed by atoms with Gasteiger partial charge in [-0.25, -0.2) is 9.78 Å². The number of halogens is 3. The van der Waals surface area contributed by atoms with Crippen LogP contribution in [0.15, 0.2) is 59.8 Å². The maximum atomic E-state index is 12.6. The highest BCUT2D eigenvalue weighted by Gasteiger charge is 2.31. The maximum Gasteiger partial charge on any atom is 0.512 e. The van der Waals surface area contributed by atoms with E-state index in [4.69, 9.17) is 5.11 Å². The van der Waals surface area contributed by atoms with E-state index in [2.05, 4.69) is 14.4 Å². The number of sulfonamides is 1. The number of carbonyl (C=O) groups is 1. The second-order valence-electron chi connectivity index (χ2n) is 5.53. The normalized spacial score (nSPS) is 11.8. The van der Waals surface area contributed by atoms with Crippen LogP contribution in [-0.4, -0.2) is 24.7 Å². The fourth-order valence-electron chi connectivity index (χ4n) is 2.25. The summed E-state index contributed by atoms with van der Waals surface area (Å²) in [5, 5.41) is 7.97. The number of nitrogens with one attached hydrogen (secondary N) is 1. The van der Waals surface area contributed by atoms with Crippen molar-refractivity contribution in [1.82, 2.24) is 4.98 Å². The Hall–Kier alpha value is -3.12. The first-order chi connectivity index (χ1) is 13.6. The first-order valence-electron chi connectivity index (χ1n) is 7.72. The molecule has 0 aliphatic carbocycles. The molecule has 0 aliphatic heterocycles. The van der Waals surface area contributed by atoms with Crippen molar-refractivity contribution >= 4 is 33.2 Å². The monoisotopic (exact) mass is 444 g/mol. The van der Waals surface area contributed by atoms with Gasteiger partial charge in [-0.05, 0) is 23.8 Å². The van der Waals surface area contributed by atoms with Crippen LogP contribution in [-0.2, 0) is 16.2 Å². The molecule has 0 aliphatic rings. The van der Waals surface area contributed by atoms with E-state index in [-0.39, 0.29) is 10.8 Å². The Kier molecular flexibility index (Phi) is 5.48. The van der Waals surface area contributed by atoms with E-state index in [0.717, 1.165) is 11.3 Å². The van der Waals surface area contributed by atoms with Crippen LogP contribution in [0.3, 0.4) is 0 Å². The molecule has 0 atom stereocenters. The topological polar surface area (TPSA) is 106 Å². The second kappa shape index (κ2) is 7.72. The Morgan fingerprint density at radius 1 is 1.14 bits per heavy atom. The summed E-state index contributed by atoms with van der Waals surface area (Å²) < 4.78 is 69.6. The Morgan fingerprint density at radius 3 is 2.38 bits per heavy atom. The number of pyridine rings is 1. The molecule has 0 amide bonds. The third kappa shape index (κ3) is 4.84. The van der Waals surface area contributed by atoms with Gasteiger partial charge in [0, 0.05) is 11.1 Å². The molecule has 0 fully saturated rings. The van der Waals surface area contributed by atoms with E-state index in [1.807, 2.05) is 0 Å². The van der Waals surface area contributed by atoms with Crippen molar-refractivity contribution in [3.05, 3.63) is 60.3 Å². The van der Waals surface area contributed by atoms with Crippen molar-refractivity contribution in [2.45, 2.75) is 11.2 Å². The number of aromatic nitrogens is 1. The number of hydrogen-bond acceptors (Lipinski definition) is 6. The van der Waals surface area contributed by atoms with Gasteiger partial charge in [0.05, 0.1) is 5.56 Å². The predicted molar refractivity (Wildman–Crippen MR) is 98.5 cm³/mol. The van der Waals surface area contributed by atoms with Crippen LogP contribution in [0, 0.1) is 0 Å². The lowest BCUT2D eigenvalue weighted by Crippen LogP contribution is -2.16. The Bertz CT molecular complexity index is 1130. The number of benzene rings is 1. The maximum absolute atomic E-state index is 12.6. The fraction of sp³-hybridized carbons (Fsp3) is 0.0588. The molecule has 29 heavy (non-hydrogen) atoms. The summed E-state index contributed by atoms with van der Waals surface area (Å²) in [7, 11) is -4.40. The molecular formula is C17H11F3N2O5S2. The second-order valence-corrected chi connectivity index (χ2v) is 8.18. The summed E-state index contributed by atoms with van der Waals surface area (Å²) in [6, 6.07) is 11.3. The molecule has 3 aromatic rings. The highest BCUT2D eigenvalue weighted by atomic mass is 32.2. The number of anilines is 1. The van der Waals surface area contributed by atoms with Crippen LogP contribution >= 0.6 is 11.3 Å². The summed E-state index contributed by atoms with van der Waals surface area (Å²) >= 11 is 0.883. The van der Waals surface area contributed by atoms with E-state index >= 15 is 0 Å². The Morgan fingerprint density at radius 2 is 1.83 bits per heavy atom. The van der Waals surface area contributed by atoms with Crippen molar-refractivity contribution in [2.75, 3.05) is 4.72 Å². The molecule has 0 saturated heterocycles. The fourth-order valence-corrected chi connectivity index (χ4v) is 4.26. The smallest absolute Gasteiger partial charge is 0.449 e. The first-order valence-corrected chi connectivity index (χ1v) is 10.0. The van der Waals surface area contributed by atoms with Crippen molar-refractivity contribution in [2.24, 2.45) is 0 Å². The number of hydrogen-bond donors (Lipinski definition) is 2. The Balaban J connectivity index is 1.95. The summed E-state index contributed by atoms with van der Waals surface area (Å²) in [6.45, 7) is 0. The van der Waals surface area contributed by atoms with E-state index in [0.29, 0.717) is 28.8 Å². The first kappa shape index (κ1) is 20.6. The highest BCUT2D eigenvalue weighted by Crippen LogP contribution is 2.41. The summed E-state index contributed by atoms with van der Waals surface area (Å²) in [4.78, 5) is 14.8. The molecule has 12 heteroatoms. The summed E-state index contributed by atoms with van der Waals surface area (Å²) in [5.41, 5.74) is -0.600. The third-order valence-electron chi connectivity index (χ3n) is 3.52. The van der Waals surface area contributed by atoms with Crippen LogP contribution in [0.5, 0.6) is 5.06 Å². The zero-order chi connectivity index (χ0) is 21.2. The zero-order valence-electron chi connectivity index (χ0n) is 14.2. The minimum absolute atomic E-state index is 0.182. The quantitative estimate of drug-likeness (QED) is 0.554. The molecule has 0 unspecified atom stereocenters. The standard InChI is InChI=1S/C17H11F3N2O5S2/c18-17(19,20)11-6-7-14(21-9-11)29(25,26)22-12-8-13(10-4-2-1-3-5-10)28-15(12)27-16(23)24/h1-9,22H,(H,23,24). The average Bonchev–Trinajstić information content (AvgIpc) is 3.03. The highest BCUT2D eigenvalue weighted by molar-refractivity contribution is 7.92. The molecule has 2 N–H and O–H groups in total. The van der Waals surface area contributed by atoms with Gasteiger partial charge in [-0.1, -0.05) is 41.7 Å². The van der Waals surface area contributed by atoms with Crippen molar-refractivity contribution in [1.29, 1.82) is 0 Å². The summed E-state index contributed by atoms with van der Waals surface area (Å²) in [5.74, 6) is 0. The van der Waals surface area contributed by atoms with Gasteiger partial charge in [-0.3, -0.25) is 4.72 Å². The van der Waals surface area contributed by atoms with Gasteiger partial charge in [-0.2, -0.15) is 21.6 Å². The van der Waals surface area contributed by atoms with Crippen molar-refractivity contribution in [3.8, 4) is 15.5 Å². The van der Waals surface area contributed by atoms with E-state index in [1.54, 1.807) is 30.3 Å². The molecule has 1 aromatic carbocycles. The minimum Gasteiger partial charge on any atom is -0.449 e. The number of alkyl halides is 3. The van der Waals surface area contributed by atoms with Gasteiger partial charge in [-0.15, -0.1) is 0 Å². The van der Waals surface area contributed by atoms with Crippen molar-refractivity contribution < 1.29 is 36.2 Å². The van der Waals surface area contributed by atoms with E-state index in [1.165, 1.54) is 6.07 Å². The lowest BCUT2D eigenvalue weighted by Gasteiger charge is -2.09. The number of thiophene rings is 1.